The fourth-order valence-corrected chi connectivity index (χ4v) is 2.14. The van der Waals surface area contributed by atoms with Crippen LogP contribution in [-0.2, 0) is 9.59 Å². The largest absolute Gasteiger partial charge is 0.480 e. The number of aliphatic carboxylic acids is 1. The number of β-amino-alcohol motifs (C(OH)–C–C–N with tert-alkyl or cyclic N) is 1. The molecule has 1 aliphatic heterocycles. The molecule has 0 bridgehead atoms. The van der Waals surface area contributed by atoms with E-state index < -0.39 is 24.1 Å². The van der Waals surface area contributed by atoms with Crippen molar-refractivity contribution in [2.45, 2.75) is 32.4 Å². The highest BCUT2D eigenvalue weighted by Gasteiger charge is 2.40. The second-order valence-electron chi connectivity index (χ2n) is 5.73. The molecule has 1 saturated heterocycles. The first-order chi connectivity index (χ1) is 9.72. The van der Waals surface area contributed by atoms with Gasteiger partial charge in [-0.2, -0.15) is 0 Å². The van der Waals surface area contributed by atoms with Gasteiger partial charge in [0.05, 0.1) is 6.10 Å². The van der Waals surface area contributed by atoms with Crippen molar-refractivity contribution < 1.29 is 24.6 Å². The van der Waals surface area contributed by atoms with Crippen molar-refractivity contribution in [1.82, 2.24) is 15.1 Å². The van der Waals surface area contributed by atoms with E-state index in [2.05, 4.69) is 5.32 Å². The quantitative estimate of drug-likeness (QED) is 0.624. The average Bonchev–Trinajstić information content (AvgIpc) is 2.77. The van der Waals surface area contributed by atoms with Crippen LogP contribution in [0.2, 0.25) is 0 Å². The maximum Gasteiger partial charge on any atom is 0.326 e. The van der Waals surface area contributed by atoms with E-state index in [1.54, 1.807) is 0 Å². The standard InChI is InChI=1S/C13H23N3O5/c1-8(2)5-14-11(18)7-15(3)13(21)16-6-9(17)4-10(16)12(19)20/h8-10,17H,4-7H2,1-3H3,(H,14,18)(H,19,20)/t9-,10-/m0/s1. The molecule has 0 aromatic heterocycles. The molecule has 0 aromatic carbocycles. The van der Waals surface area contributed by atoms with Gasteiger partial charge in [0.2, 0.25) is 5.91 Å². The van der Waals surface area contributed by atoms with Gasteiger partial charge in [0.1, 0.15) is 12.6 Å². The highest BCUT2D eigenvalue weighted by atomic mass is 16.4. The monoisotopic (exact) mass is 301 g/mol. The summed E-state index contributed by atoms with van der Waals surface area (Å²) in [5.74, 6) is -1.15. The van der Waals surface area contributed by atoms with Crippen molar-refractivity contribution >= 4 is 17.9 Å². The summed E-state index contributed by atoms with van der Waals surface area (Å²) < 4.78 is 0. The zero-order chi connectivity index (χ0) is 16.2. The van der Waals surface area contributed by atoms with Crippen LogP contribution < -0.4 is 5.32 Å². The number of hydrogen-bond acceptors (Lipinski definition) is 4. The van der Waals surface area contributed by atoms with Gasteiger partial charge < -0.3 is 25.3 Å². The van der Waals surface area contributed by atoms with Crippen molar-refractivity contribution in [1.29, 1.82) is 0 Å². The second kappa shape index (κ2) is 7.26. The molecule has 8 nitrogen and oxygen atoms in total. The highest BCUT2D eigenvalue weighted by molar-refractivity contribution is 5.87. The van der Waals surface area contributed by atoms with Crippen molar-refractivity contribution in [2.75, 3.05) is 26.7 Å². The van der Waals surface area contributed by atoms with Crippen molar-refractivity contribution in [2.24, 2.45) is 5.92 Å². The second-order valence-corrected chi connectivity index (χ2v) is 5.73. The van der Waals surface area contributed by atoms with Crippen LogP contribution in [0.5, 0.6) is 0 Å². The lowest BCUT2D eigenvalue weighted by Gasteiger charge is -2.27. The maximum absolute atomic E-state index is 12.2. The number of nitrogens with one attached hydrogen (secondary N) is 1. The Morgan fingerprint density at radius 3 is 2.52 bits per heavy atom. The number of carboxylic acids is 1. The lowest BCUT2D eigenvalue weighted by molar-refractivity contribution is -0.141. The molecule has 1 rings (SSSR count). The van der Waals surface area contributed by atoms with Gasteiger partial charge in [-0.15, -0.1) is 0 Å². The summed E-state index contributed by atoms with van der Waals surface area (Å²) in [5.41, 5.74) is 0. The summed E-state index contributed by atoms with van der Waals surface area (Å²) in [4.78, 5) is 37.2. The molecule has 8 heteroatoms. The van der Waals surface area contributed by atoms with Crippen LogP contribution in [0.25, 0.3) is 0 Å². The fraction of sp³-hybridized carbons (Fsp3) is 0.769. The molecule has 0 unspecified atom stereocenters. The zero-order valence-corrected chi connectivity index (χ0v) is 12.6. The summed E-state index contributed by atoms with van der Waals surface area (Å²) in [6, 6.07) is -1.62. The normalized spacial score (nSPS) is 21.5. The number of carboxylic acid groups (broad SMARTS) is 1. The molecule has 0 spiro atoms. The lowest BCUT2D eigenvalue weighted by Crippen LogP contribution is -2.49. The minimum atomic E-state index is -1.16. The zero-order valence-electron chi connectivity index (χ0n) is 12.6. The fourth-order valence-electron chi connectivity index (χ4n) is 2.14. The lowest BCUT2D eigenvalue weighted by atomic mass is 10.2. The molecule has 1 aliphatic rings. The van der Waals surface area contributed by atoms with Crippen LogP contribution >= 0.6 is 0 Å². The Morgan fingerprint density at radius 1 is 1.38 bits per heavy atom. The number of hydrogen-bond donors (Lipinski definition) is 3. The molecule has 2 atom stereocenters. The van der Waals surface area contributed by atoms with E-state index in [9.17, 15) is 19.5 Å². The first kappa shape index (κ1) is 17.2. The van der Waals surface area contributed by atoms with Crippen molar-refractivity contribution in [3.05, 3.63) is 0 Å². The van der Waals surface area contributed by atoms with Gasteiger partial charge in [0.25, 0.3) is 0 Å². The number of carbonyl (C=O) groups excluding carboxylic acids is 2. The molecule has 1 fully saturated rings. The van der Waals surface area contributed by atoms with E-state index in [4.69, 9.17) is 5.11 Å². The van der Waals surface area contributed by atoms with Crippen LogP contribution in [0.15, 0.2) is 0 Å². The number of urea groups is 1. The molecule has 0 aliphatic carbocycles. The Hall–Kier alpha value is -1.83. The number of aliphatic hydroxyl groups is 1. The van der Waals surface area contributed by atoms with Gasteiger partial charge in [0.15, 0.2) is 0 Å². The van der Waals surface area contributed by atoms with E-state index in [1.807, 2.05) is 13.8 Å². The van der Waals surface area contributed by atoms with E-state index in [0.29, 0.717) is 12.5 Å². The van der Waals surface area contributed by atoms with Gasteiger partial charge in [-0.1, -0.05) is 13.8 Å². The Kier molecular flexibility index (Phi) is 5.95. The Balaban J connectivity index is 2.57. The summed E-state index contributed by atoms with van der Waals surface area (Å²) in [6.07, 6.45) is -0.840. The van der Waals surface area contributed by atoms with E-state index in [1.165, 1.54) is 7.05 Å². The molecule has 3 amide bonds. The Labute approximate surface area is 123 Å². The van der Waals surface area contributed by atoms with E-state index in [-0.39, 0.29) is 25.4 Å². The summed E-state index contributed by atoms with van der Waals surface area (Å²) in [6.45, 7) is 4.25. The highest BCUT2D eigenvalue weighted by Crippen LogP contribution is 2.19. The predicted molar refractivity (Wildman–Crippen MR) is 74.6 cm³/mol. The average molecular weight is 301 g/mol. The van der Waals surface area contributed by atoms with Crippen LogP contribution in [0.4, 0.5) is 4.79 Å². The number of likely N-dealkylation sites (tertiary alicyclic amines) is 1. The van der Waals surface area contributed by atoms with Crippen LogP contribution in [0, 0.1) is 5.92 Å². The maximum atomic E-state index is 12.2. The van der Waals surface area contributed by atoms with Crippen LogP contribution in [0.1, 0.15) is 20.3 Å². The Morgan fingerprint density at radius 2 is 2.00 bits per heavy atom. The van der Waals surface area contributed by atoms with Gasteiger partial charge >= 0.3 is 12.0 Å². The van der Waals surface area contributed by atoms with Crippen molar-refractivity contribution in [3.8, 4) is 0 Å². The number of nitrogens with zero attached hydrogens (tertiary/aromatic N) is 2. The van der Waals surface area contributed by atoms with Gasteiger partial charge in [-0.25, -0.2) is 9.59 Å². The third kappa shape index (κ3) is 4.89. The molecule has 0 radical (unpaired) electrons. The van der Waals surface area contributed by atoms with E-state index >= 15 is 0 Å². The first-order valence-corrected chi connectivity index (χ1v) is 6.91. The van der Waals surface area contributed by atoms with Crippen LogP contribution in [0.3, 0.4) is 0 Å². The number of aliphatic hydroxyl groups excluding tert-OH is 1. The first-order valence-electron chi connectivity index (χ1n) is 6.91. The number of carbonyl (C=O) groups is 3. The van der Waals surface area contributed by atoms with Gasteiger partial charge in [-0.3, -0.25) is 4.79 Å². The summed E-state index contributed by atoms with van der Waals surface area (Å²) in [5, 5.41) is 21.3. The third-order valence-electron chi connectivity index (χ3n) is 3.22. The minimum Gasteiger partial charge on any atom is -0.480 e. The number of rotatable bonds is 5. The summed E-state index contributed by atoms with van der Waals surface area (Å²) >= 11 is 0. The smallest absolute Gasteiger partial charge is 0.326 e. The molecule has 21 heavy (non-hydrogen) atoms. The predicted octanol–water partition coefficient (Wildman–Crippen LogP) is -0.670. The summed E-state index contributed by atoms with van der Waals surface area (Å²) in [7, 11) is 1.43. The molecular weight excluding hydrogens is 278 g/mol. The molecule has 120 valence electrons. The number of likely N-dealkylation sites (N-methyl/N-ethyl adjacent to an activating group) is 1. The van der Waals surface area contributed by atoms with Gasteiger partial charge in [-0.05, 0) is 5.92 Å². The van der Waals surface area contributed by atoms with Crippen LogP contribution in [-0.4, -0.2) is 76.7 Å². The SMILES string of the molecule is CC(C)CNC(=O)CN(C)C(=O)N1C[C@@H](O)C[C@H]1C(=O)O. The minimum absolute atomic E-state index is 0.00839. The molecule has 3 N–H and O–H groups in total. The topological polar surface area (TPSA) is 110 Å². The molecular formula is C13H23N3O5. The van der Waals surface area contributed by atoms with Crippen molar-refractivity contribution in [3.63, 3.8) is 0 Å². The molecule has 0 saturated carbocycles. The Bertz CT molecular complexity index is 413. The molecule has 1 heterocycles. The number of amides is 3. The van der Waals surface area contributed by atoms with E-state index in [0.717, 1.165) is 9.80 Å². The third-order valence-corrected chi connectivity index (χ3v) is 3.22. The van der Waals surface area contributed by atoms with Gasteiger partial charge in [0, 0.05) is 26.6 Å². The molecule has 0 aromatic rings.